The maximum atomic E-state index is 2.42. The van der Waals surface area contributed by atoms with Gasteiger partial charge in [-0.3, -0.25) is 0 Å². The fourth-order valence-electron chi connectivity index (χ4n) is 7.80. The Kier molecular flexibility index (Phi) is 9.51. The van der Waals surface area contributed by atoms with E-state index in [0.717, 1.165) is 11.8 Å². The van der Waals surface area contributed by atoms with Crippen LogP contribution in [0.15, 0.2) is 109 Å². The van der Waals surface area contributed by atoms with Crippen molar-refractivity contribution < 1.29 is 0 Å². The predicted molar refractivity (Wildman–Crippen MR) is 225 cm³/mol. The van der Waals surface area contributed by atoms with Crippen LogP contribution in [-0.4, -0.2) is 0 Å². The van der Waals surface area contributed by atoms with Crippen LogP contribution in [0.25, 0.3) is 73.4 Å². The van der Waals surface area contributed by atoms with Crippen LogP contribution >= 0.6 is 22.7 Å². The zero-order valence-electron chi connectivity index (χ0n) is 30.0. The smallest absolute Gasteiger partial charge is 0.0548 e. The number of benzene rings is 6. The van der Waals surface area contributed by atoms with Gasteiger partial charge in [-0.2, -0.15) is 0 Å². The highest BCUT2D eigenvalue weighted by atomic mass is 32.1. The second kappa shape index (κ2) is 14.3. The molecule has 0 saturated carbocycles. The number of hydrogen-bond donors (Lipinski definition) is 0. The highest BCUT2D eigenvalue weighted by molar-refractivity contribution is 7.37. The highest BCUT2D eigenvalue weighted by Crippen LogP contribution is 2.49. The molecule has 0 aliphatic heterocycles. The average molecular weight is 689 g/mol. The number of unbranched alkanes of at least 4 members (excludes halogenated alkanes) is 1. The normalized spacial score (nSPS) is 12.7. The molecule has 8 aromatic rings. The van der Waals surface area contributed by atoms with E-state index in [1.807, 2.05) is 22.7 Å². The Hall–Kier alpha value is -3.98. The molecular weight excluding hydrogens is 641 g/mol. The Morgan fingerprint density at radius 3 is 1.48 bits per heavy atom. The molecule has 0 saturated heterocycles. The van der Waals surface area contributed by atoms with Gasteiger partial charge in [-0.25, -0.2) is 0 Å². The van der Waals surface area contributed by atoms with Gasteiger partial charge >= 0.3 is 0 Å². The van der Waals surface area contributed by atoms with Gasteiger partial charge in [0.1, 0.15) is 0 Å². The molecule has 0 fully saturated rings. The quantitative estimate of drug-likeness (QED) is 0.120. The van der Waals surface area contributed by atoms with Gasteiger partial charge in [0.15, 0.2) is 0 Å². The SMILES string of the molecule is CCCCc1ccc(-c2ccc3c(ccc4sc5c(sc6ccc7cc(-c8ccc(CCC(C)CCCC(C)C)cc8)ccc7c65)c43)c2)cc1. The molecule has 0 amide bonds. The maximum absolute atomic E-state index is 2.42. The van der Waals surface area contributed by atoms with Crippen molar-refractivity contribution in [2.45, 2.75) is 79.1 Å². The first-order valence-corrected chi connectivity index (χ1v) is 20.5. The molecular formula is C48H48S2. The third kappa shape index (κ3) is 6.61. The minimum atomic E-state index is 0.797. The molecule has 8 rings (SSSR count). The molecule has 1 unspecified atom stereocenters. The molecule has 0 aliphatic rings. The Labute approximate surface area is 305 Å². The van der Waals surface area contributed by atoms with Crippen LogP contribution in [-0.2, 0) is 12.8 Å². The molecule has 6 aromatic carbocycles. The van der Waals surface area contributed by atoms with Crippen molar-refractivity contribution in [3.05, 3.63) is 120 Å². The van der Waals surface area contributed by atoms with Crippen molar-refractivity contribution in [1.29, 1.82) is 0 Å². The van der Waals surface area contributed by atoms with Crippen molar-refractivity contribution in [2.75, 3.05) is 0 Å². The Morgan fingerprint density at radius 1 is 0.480 bits per heavy atom. The van der Waals surface area contributed by atoms with E-state index in [1.165, 1.54) is 136 Å². The summed E-state index contributed by atoms with van der Waals surface area (Å²) in [6.07, 6.45) is 10.2. The van der Waals surface area contributed by atoms with E-state index in [1.54, 1.807) is 0 Å². The zero-order chi connectivity index (χ0) is 34.2. The van der Waals surface area contributed by atoms with Crippen LogP contribution in [0.1, 0.15) is 77.3 Å². The standard InChI is InChI=1S/C48H48S2/c1-5-6-10-33-13-17-35(18-14-33)37-21-25-41-39(29-37)23-27-43-45(41)47-48(49-43)46-42-26-22-38(30-40(42)24-28-44(46)50-47)36-19-15-34(16-20-36)12-11-32(4)9-7-8-31(2)3/h13-32H,5-12H2,1-4H3. The summed E-state index contributed by atoms with van der Waals surface area (Å²) in [6.45, 7) is 9.35. The van der Waals surface area contributed by atoms with E-state index in [2.05, 4.69) is 137 Å². The number of thiophene rings is 2. The van der Waals surface area contributed by atoms with Gasteiger partial charge in [0.25, 0.3) is 0 Å². The van der Waals surface area contributed by atoms with Gasteiger partial charge in [-0.05, 0) is 117 Å². The summed E-state index contributed by atoms with van der Waals surface area (Å²) >= 11 is 3.92. The summed E-state index contributed by atoms with van der Waals surface area (Å²) in [4.78, 5) is 0. The van der Waals surface area contributed by atoms with Crippen LogP contribution < -0.4 is 0 Å². The first-order valence-electron chi connectivity index (χ1n) is 18.9. The second-order valence-corrected chi connectivity index (χ2v) is 17.2. The second-order valence-electron chi connectivity index (χ2n) is 15.1. The first kappa shape index (κ1) is 33.2. The Balaban J connectivity index is 1.07. The Bertz CT molecular complexity index is 2420. The Morgan fingerprint density at radius 2 is 0.980 bits per heavy atom. The average Bonchev–Trinajstić information content (AvgIpc) is 3.69. The predicted octanol–water partition coefficient (Wildman–Crippen LogP) is 15.6. The lowest BCUT2D eigenvalue weighted by Crippen LogP contribution is -1.99. The molecule has 0 aliphatic carbocycles. The number of rotatable bonds is 12. The molecule has 2 heterocycles. The van der Waals surface area contributed by atoms with Crippen LogP contribution in [0.4, 0.5) is 0 Å². The summed E-state index contributed by atoms with van der Waals surface area (Å²) < 4.78 is 5.63. The van der Waals surface area contributed by atoms with E-state index in [-0.39, 0.29) is 0 Å². The number of fused-ring (bicyclic) bond motifs is 9. The third-order valence-corrected chi connectivity index (χ3v) is 13.3. The van der Waals surface area contributed by atoms with Gasteiger partial charge in [-0.15, -0.1) is 22.7 Å². The largest absolute Gasteiger partial charge is 0.134 e. The molecule has 2 heteroatoms. The summed E-state index contributed by atoms with van der Waals surface area (Å²) in [6, 6.07) is 42.0. The number of aryl methyl sites for hydroxylation is 2. The van der Waals surface area contributed by atoms with E-state index in [4.69, 9.17) is 0 Å². The van der Waals surface area contributed by atoms with Crippen LogP contribution in [0, 0.1) is 11.8 Å². The van der Waals surface area contributed by atoms with Crippen molar-refractivity contribution in [3.63, 3.8) is 0 Å². The zero-order valence-corrected chi connectivity index (χ0v) is 31.7. The van der Waals surface area contributed by atoms with Crippen molar-refractivity contribution >= 4 is 73.8 Å². The number of hydrogen-bond acceptors (Lipinski definition) is 2. The molecule has 2 aromatic heterocycles. The van der Waals surface area contributed by atoms with Crippen molar-refractivity contribution in [2.24, 2.45) is 11.8 Å². The molecule has 0 N–H and O–H groups in total. The van der Waals surface area contributed by atoms with E-state index in [9.17, 15) is 0 Å². The minimum Gasteiger partial charge on any atom is -0.134 e. The summed E-state index contributed by atoms with van der Waals surface area (Å²) in [5, 5.41) is 8.20. The monoisotopic (exact) mass is 688 g/mol. The lowest BCUT2D eigenvalue weighted by atomic mass is 9.93. The lowest BCUT2D eigenvalue weighted by Gasteiger charge is -2.12. The van der Waals surface area contributed by atoms with Gasteiger partial charge < -0.3 is 0 Å². The van der Waals surface area contributed by atoms with Gasteiger partial charge in [-0.1, -0.05) is 138 Å². The first-order chi connectivity index (χ1) is 24.4. The summed E-state index contributed by atoms with van der Waals surface area (Å²) in [5.74, 6) is 1.61. The molecule has 50 heavy (non-hydrogen) atoms. The molecule has 1 atom stereocenters. The fraction of sp³-hybridized carbons (Fsp3) is 0.292. The molecule has 252 valence electrons. The van der Waals surface area contributed by atoms with Gasteiger partial charge in [0, 0.05) is 20.2 Å². The topological polar surface area (TPSA) is 0 Å². The summed E-state index contributed by atoms with van der Waals surface area (Å²) in [5.41, 5.74) is 8.08. The summed E-state index contributed by atoms with van der Waals surface area (Å²) in [7, 11) is 0. The third-order valence-electron chi connectivity index (χ3n) is 10.8. The molecule has 0 nitrogen and oxygen atoms in total. The highest BCUT2D eigenvalue weighted by Gasteiger charge is 2.17. The molecule has 0 radical (unpaired) electrons. The van der Waals surface area contributed by atoms with E-state index >= 15 is 0 Å². The molecule has 0 spiro atoms. The van der Waals surface area contributed by atoms with E-state index in [0.29, 0.717) is 0 Å². The van der Waals surface area contributed by atoms with Crippen LogP contribution in [0.3, 0.4) is 0 Å². The molecule has 0 bridgehead atoms. The maximum Gasteiger partial charge on any atom is 0.0548 e. The van der Waals surface area contributed by atoms with Crippen LogP contribution in [0.5, 0.6) is 0 Å². The fourth-order valence-corrected chi connectivity index (χ4v) is 10.6. The minimum absolute atomic E-state index is 0.797. The van der Waals surface area contributed by atoms with E-state index < -0.39 is 0 Å². The van der Waals surface area contributed by atoms with Gasteiger partial charge in [0.2, 0.25) is 0 Å². The lowest BCUT2D eigenvalue weighted by molar-refractivity contribution is 0.437. The van der Waals surface area contributed by atoms with Gasteiger partial charge in [0.05, 0.1) is 9.40 Å². The van der Waals surface area contributed by atoms with Crippen LogP contribution in [0.2, 0.25) is 0 Å². The van der Waals surface area contributed by atoms with Crippen molar-refractivity contribution in [1.82, 2.24) is 0 Å². The van der Waals surface area contributed by atoms with Crippen molar-refractivity contribution in [3.8, 4) is 22.3 Å².